The molecule has 0 amide bonds. The molecule has 0 fully saturated rings. The van der Waals surface area contributed by atoms with Gasteiger partial charge in [-0.05, 0) is 29.3 Å². The van der Waals surface area contributed by atoms with Crippen LogP contribution in [0.5, 0.6) is 0 Å². The number of benzene rings is 2. The lowest BCUT2D eigenvalue weighted by atomic mass is 10.2. The van der Waals surface area contributed by atoms with Crippen molar-refractivity contribution in [3.63, 3.8) is 0 Å². The van der Waals surface area contributed by atoms with Crippen LogP contribution in [-0.4, -0.2) is 14.0 Å². The number of oxime groups is 1. The second kappa shape index (κ2) is 6.77. The first-order valence-corrected chi connectivity index (χ1v) is 10.5. The van der Waals surface area contributed by atoms with E-state index in [4.69, 9.17) is 4.53 Å². The van der Waals surface area contributed by atoms with E-state index >= 15 is 0 Å². The van der Waals surface area contributed by atoms with E-state index < -0.39 is 8.32 Å². The number of hydrogen-bond acceptors (Lipinski definition) is 2. The first-order chi connectivity index (χ1) is 11.5. The van der Waals surface area contributed by atoms with Gasteiger partial charge in [0.2, 0.25) is 0 Å². The van der Waals surface area contributed by atoms with Gasteiger partial charge in [-0.15, -0.1) is 5.16 Å². The third-order valence-corrected chi connectivity index (χ3v) is 9.36. The van der Waals surface area contributed by atoms with Crippen LogP contribution in [0.4, 0.5) is 0 Å². The third-order valence-electron chi connectivity index (χ3n) is 4.59. The Morgan fingerprint density at radius 3 is 1.83 bits per heavy atom. The number of rotatable bonds is 4. The van der Waals surface area contributed by atoms with E-state index in [1.54, 1.807) is 0 Å². The second-order valence-electron chi connectivity index (χ2n) is 7.28. The minimum atomic E-state index is -2.54. The average Bonchev–Trinajstić information content (AvgIpc) is 3.10. The zero-order valence-electron chi connectivity index (χ0n) is 14.7. The van der Waals surface area contributed by atoms with Crippen LogP contribution in [0.2, 0.25) is 5.04 Å². The molecule has 3 heteroatoms. The van der Waals surface area contributed by atoms with E-state index in [9.17, 15) is 0 Å². The lowest BCUT2D eigenvalue weighted by Crippen LogP contribution is -2.65. The summed E-state index contributed by atoms with van der Waals surface area (Å²) in [5.41, 5.74) is 1.04. The van der Waals surface area contributed by atoms with E-state index in [1.165, 1.54) is 10.4 Å². The Balaban J connectivity index is 2.17. The second-order valence-corrected chi connectivity index (χ2v) is 11.5. The molecule has 0 atom stereocenters. The van der Waals surface area contributed by atoms with Crippen molar-refractivity contribution in [3.8, 4) is 0 Å². The highest BCUT2D eigenvalue weighted by atomic mass is 28.4. The minimum absolute atomic E-state index is 0.0396. The SMILES string of the molecule is CC(C)(C)[Si](O/N=C1/C=CCC1)(c1ccccc1)c1ccccc1. The minimum Gasteiger partial charge on any atom is -0.443 e. The molecule has 3 rings (SSSR count). The predicted octanol–water partition coefficient (Wildman–Crippen LogP) is 4.27. The summed E-state index contributed by atoms with van der Waals surface area (Å²) in [5.74, 6) is 0. The standard InChI is InChI=1S/C21H25NOSi/c1-21(2,3)24(19-14-6-4-7-15-19,20-16-8-5-9-17-20)23-22-18-12-10-11-13-18/h4-10,12,14-17H,11,13H2,1-3H3/b22-18-. The van der Waals surface area contributed by atoms with Crippen molar-refractivity contribution < 1.29 is 4.53 Å². The highest BCUT2D eigenvalue weighted by Crippen LogP contribution is 2.37. The predicted molar refractivity (Wildman–Crippen MR) is 105 cm³/mol. The maximum atomic E-state index is 6.53. The molecule has 0 radical (unpaired) electrons. The smallest absolute Gasteiger partial charge is 0.354 e. The topological polar surface area (TPSA) is 21.6 Å². The van der Waals surface area contributed by atoms with E-state index in [1.807, 2.05) is 0 Å². The van der Waals surface area contributed by atoms with Gasteiger partial charge in [-0.2, -0.15) is 0 Å². The van der Waals surface area contributed by atoms with Gasteiger partial charge >= 0.3 is 8.32 Å². The third kappa shape index (κ3) is 3.09. The monoisotopic (exact) mass is 335 g/mol. The van der Waals surface area contributed by atoms with Gasteiger partial charge < -0.3 is 4.53 Å². The largest absolute Gasteiger partial charge is 0.443 e. The summed E-state index contributed by atoms with van der Waals surface area (Å²) in [6.07, 6.45) is 6.27. The zero-order chi connectivity index (χ0) is 17.0. The Labute approximate surface area is 146 Å². The molecule has 0 aromatic heterocycles. The molecule has 2 aromatic carbocycles. The van der Waals surface area contributed by atoms with Crippen molar-refractivity contribution >= 4 is 24.4 Å². The van der Waals surface area contributed by atoms with E-state index in [0.29, 0.717) is 0 Å². The van der Waals surface area contributed by atoms with Crippen molar-refractivity contribution in [2.45, 2.75) is 38.7 Å². The lowest BCUT2D eigenvalue weighted by molar-refractivity contribution is 0.318. The molecule has 0 bridgehead atoms. The fourth-order valence-electron chi connectivity index (χ4n) is 3.36. The molecule has 0 heterocycles. The summed E-state index contributed by atoms with van der Waals surface area (Å²) in [6.45, 7) is 6.80. The first-order valence-electron chi connectivity index (χ1n) is 8.57. The molecule has 1 aliphatic rings. The Hall–Kier alpha value is -2.13. The molecule has 0 N–H and O–H groups in total. The van der Waals surface area contributed by atoms with Crippen molar-refractivity contribution in [3.05, 3.63) is 72.8 Å². The van der Waals surface area contributed by atoms with Gasteiger partial charge in [0.1, 0.15) is 0 Å². The van der Waals surface area contributed by atoms with Crippen LogP contribution in [0, 0.1) is 0 Å². The highest BCUT2D eigenvalue weighted by Gasteiger charge is 2.53. The molecule has 2 nitrogen and oxygen atoms in total. The Morgan fingerprint density at radius 1 is 0.875 bits per heavy atom. The zero-order valence-corrected chi connectivity index (χ0v) is 15.7. The molecule has 124 valence electrons. The summed E-state index contributed by atoms with van der Waals surface area (Å²) in [6, 6.07) is 21.3. The summed E-state index contributed by atoms with van der Waals surface area (Å²) in [7, 11) is -2.54. The van der Waals surface area contributed by atoms with E-state index in [-0.39, 0.29) is 5.04 Å². The summed E-state index contributed by atoms with van der Waals surface area (Å²) < 4.78 is 6.53. The van der Waals surface area contributed by atoms with Gasteiger partial charge in [0, 0.05) is 5.04 Å². The Kier molecular flexibility index (Phi) is 4.72. The van der Waals surface area contributed by atoms with Gasteiger partial charge in [0.05, 0.1) is 5.71 Å². The lowest BCUT2D eigenvalue weighted by Gasteiger charge is -2.40. The summed E-state index contributed by atoms with van der Waals surface area (Å²) in [4.78, 5) is 0. The van der Waals surface area contributed by atoms with Crippen LogP contribution in [0.15, 0.2) is 78.0 Å². The van der Waals surface area contributed by atoms with Gasteiger partial charge in [-0.1, -0.05) is 87.5 Å². The number of allylic oxidation sites excluding steroid dienone is 2. The highest BCUT2D eigenvalue weighted by molar-refractivity contribution is 6.99. The van der Waals surface area contributed by atoms with Crippen molar-refractivity contribution in [1.82, 2.24) is 0 Å². The summed E-state index contributed by atoms with van der Waals surface area (Å²) >= 11 is 0. The van der Waals surface area contributed by atoms with Crippen LogP contribution < -0.4 is 10.4 Å². The van der Waals surface area contributed by atoms with Gasteiger partial charge in [0.25, 0.3) is 0 Å². The average molecular weight is 336 g/mol. The van der Waals surface area contributed by atoms with Gasteiger partial charge in [-0.25, -0.2) is 0 Å². The molecule has 24 heavy (non-hydrogen) atoms. The molecule has 0 saturated heterocycles. The van der Waals surface area contributed by atoms with Crippen molar-refractivity contribution in [2.24, 2.45) is 5.16 Å². The molecule has 0 aliphatic heterocycles. The van der Waals surface area contributed by atoms with E-state index in [0.717, 1.165) is 18.6 Å². The Morgan fingerprint density at radius 2 is 1.42 bits per heavy atom. The van der Waals surface area contributed by atoms with Gasteiger partial charge in [-0.3, -0.25) is 0 Å². The molecular weight excluding hydrogens is 310 g/mol. The maximum Gasteiger partial charge on any atom is 0.354 e. The number of nitrogens with zero attached hydrogens (tertiary/aromatic N) is 1. The van der Waals surface area contributed by atoms with Gasteiger partial charge in [0.15, 0.2) is 0 Å². The molecule has 0 unspecified atom stereocenters. The Bertz CT molecular complexity index is 690. The van der Waals surface area contributed by atoms with Crippen molar-refractivity contribution in [2.75, 3.05) is 0 Å². The van der Waals surface area contributed by atoms with Crippen LogP contribution in [0.1, 0.15) is 33.6 Å². The van der Waals surface area contributed by atoms with E-state index in [2.05, 4.69) is 98.7 Å². The first kappa shape index (κ1) is 16.7. The van der Waals surface area contributed by atoms with Crippen LogP contribution in [0.25, 0.3) is 0 Å². The number of hydrogen-bond donors (Lipinski definition) is 0. The molecule has 2 aromatic rings. The molecule has 0 spiro atoms. The molecule has 0 saturated carbocycles. The van der Waals surface area contributed by atoms with Crippen molar-refractivity contribution in [1.29, 1.82) is 0 Å². The van der Waals surface area contributed by atoms with Crippen LogP contribution in [0.3, 0.4) is 0 Å². The fraction of sp³-hybridized carbons (Fsp3) is 0.286. The fourth-order valence-corrected chi connectivity index (χ4v) is 7.49. The summed E-state index contributed by atoms with van der Waals surface area (Å²) in [5, 5.41) is 7.09. The maximum absolute atomic E-state index is 6.53. The van der Waals surface area contributed by atoms with Crippen LogP contribution in [-0.2, 0) is 4.53 Å². The molecule has 1 aliphatic carbocycles. The normalized spacial score (nSPS) is 16.5. The van der Waals surface area contributed by atoms with Crippen LogP contribution >= 0.6 is 0 Å². The quantitative estimate of drug-likeness (QED) is 0.604. The molecular formula is C21H25NOSi.